The molecule has 0 aromatic heterocycles. The van der Waals surface area contributed by atoms with Crippen molar-refractivity contribution in [2.24, 2.45) is 5.10 Å². The van der Waals surface area contributed by atoms with Crippen molar-refractivity contribution < 1.29 is 4.74 Å². The molecule has 0 bridgehead atoms. The first-order valence-corrected chi connectivity index (χ1v) is 8.03. The van der Waals surface area contributed by atoms with Crippen molar-refractivity contribution in [3.63, 3.8) is 0 Å². The quantitative estimate of drug-likeness (QED) is 0.542. The molecule has 120 valence electrons. The van der Waals surface area contributed by atoms with Crippen molar-refractivity contribution in [2.75, 3.05) is 7.11 Å². The lowest BCUT2D eigenvalue weighted by atomic mass is 10.1. The van der Waals surface area contributed by atoms with Crippen molar-refractivity contribution in [1.82, 2.24) is 10.5 Å². The molecule has 10 heteroatoms. The van der Waals surface area contributed by atoms with Crippen molar-refractivity contribution in [1.29, 1.82) is 0 Å². The van der Waals surface area contributed by atoms with Gasteiger partial charge in [0.25, 0.3) is 0 Å². The zero-order valence-corrected chi connectivity index (χ0v) is 15.5. The average molecular weight is 424 g/mol. The van der Waals surface area contributed by atoms with Gasteiger partial charge in [0.05, 0.1) is 12.8 Å². The van der Waals surface area contributed by atoms with Gasteiger partial charge in [-0.15, -0.1) is 0 Å². The van der Waals surface area contributed by atoms with Gasteiger partial charge in [-0.2, -0.15) is 10.2 Å². The zero-order valence-electron chi connectivity index (χ0n) is 11.0. The second kappa shape index (κ2) is 6.71. The van der Waals surface area contributed by atoms with E-state index in [0.717, 1.165) is 10.7 Å². The summed E-state index contributed by atoms with van der Waals surface area (Å²) in [4.78, 5) is 0. The van der Waals surface area contributed by atoms with Gasteiger partial charge in [0.1, 0.15) is 11.5 Å². The molecule has 0 fully saturated rings. The van der Waals surface area contributed by atoms with Crippen molar-refractivity contribution in [3.8, 4) is 5.75 Å². The third-order valence-corrected chi connectivity index (χ3v) is 3.71. The van der Waals surface area contributed by atoms with E-state index in [2.05, 4.69) is 10.5 Å². The summed E-state index contributed by atoms with van der Waals surface area (Å²) < 4.78 is 1.47. The summed E-state index contributed by atoms with van der Waals surface area (Å²) in [6.45, 7) is 0. The Labute approximate surface area is 157 Å². The van der Waals surface area contributed by atoms with E-state index in [0.29, 0.717) is 11.4 Å². The fraction of sp³-hybridized carbons (Fsp3) is 0.250. The number of nitrogens with one attached hydrogen (secondary N) is 1. The van der Waals surface area contributed by atoms with E-state index in [1.165, 1.54) is 0 Å². The molecule has 1 aromatic carbocycles. The maximum Gasteiger partial charge on any atom is 0.301 e. The Morgan fingerprint density at radius 3 is 2.09 bits per heavy atom. The first kappa shape index (κ1) is 18.1. The Morgan fingerprint density at radius 2 is 1.64 bits per heavy atom. The molecule has 0 radical (unpaired) electrons. The van der Waals surface area contributed by atoms with E-state index in [-0.39, 0.29) is 5.71 Å². The molecule has 0 saturated carbocycles. The van der Waals surface area contributed by atoms with E-state index in [1.807, 2.05) is 0 Å². The van der Waals surface area contributed by atoms with Gasteiger partial charge in [-0.05, 0) is 35.9 Å². The van der Waals surface area contributed by atoms with E-state index < -0.39 is 7.71 Å². The molecule has 1 aliphatic heterocycles. The number of hydrogen-bond donors (Lipinski definition) is 1. The summed E-state index contributed by atoms with van der Waals surface area (Å²) in [5.41, 5.74) is 4.26. The van der Waals surface area contributed by atoms with E-state index in [4.69, 9.17) is 74.3 Å². The first-order valence-electron chi connectivity index (χ1n) is 5.77. The van der Waals surface area contributed by atoms with Gasteiger partial charge >= 0.3 is 3.92 Å². The zero-order chi connectivity index (χ0) is 16.5. The highest BCUT2D eigenvalue weighted by molar-refractivity contribution is 6.77. The van der Waals surface area contributed by atoms with Crippen LogP contribution in [-0.2, 0) is 0 Å². The Balaban J connectivity index is 2.41. The van der Waals surface area contributed by atoms with Gasteiger partial charge < -0.3 is 4.74 Å². The minimum atomic E-state index is -1.87. The van der Waals surface area contributed by atoms with Crippen molar-refractivity contribution in [2.45, 2.75) is 7.71 Å². The van der Waals surface area contributed by atoms with Crippen LogP contribution in [0.5, 0.6) is 5.75 Å². The summed E-state index contributed by atoms with van der Waals surface area (Å²) in [5.74, 6) is 0.702. The molecule has 1 aromatic rings. The highest BCUT2D eigenvalue weighted by atomic mass is 35.6. The lowest BCUT2D eigenvalue weighted by Gasteiger charge is -2.33. The predicted octanol–water partition coefficient (Wildman–Crippen LogP) is 4.91. The SMILES string of the molecule is COc1ccc(C2=CC(C(Cl)(Cl)Cl)=NN(C(Cl)(Cl)Cl)N2)cc1. The number of hydrazine groups is 1. The maximum atomic E-state index is 5.88. The van der Waals surface area contributed by atoms with E-state index in [1.54, 1.807) is 37.5 Å². The summed E-state index contributed by atoms with van der Waals surface area (Å²) in [7, 11) is 1.57. The lowest BCUT2D eigenvalue weighted by Crippen LogP contribution is -2.45. The van der Waals surface area contributed by atoms with Crippen LogP contribution < -0.4 is 10.2 Å². The molecule has 0 atom stereocenters. The Morgan fingerprint density at radius 1 is 1.05 bits per heavy atom. The maximum absolute atomic E-state index is 5.88. The number of alkyl halides is 6. The molecule has 1 N–H and O–H groups in total. The minimum Gasteiger partial charge on any atom is -0.497 e. The largest absolute Gasteiger partial charge is 0.497 e. The van der Waals surface area contributed by atoms with Gasteiger partial charge in [0.15, 0.2) is 0 Å². The van der Waals surface area contributed by atoms with Crippen LogP contribution in [0.1, 0.15) is 5.56 Å². The lowest BCUT2D eigenvalue weighted by molar-refractivity contribution is 0.236. The van der Waals surface area contributed by atoms with Crippen molar-refractivity contribution in [3.05, 3.63) is 35.9 Å². The number of nitrogens with zero attached hydrogens (tertiary/aromatic N) is 2. The number of methoxy groups -OCH3 is 1. The molecule has 0 saturated heterocycles. The molecule has 0 unspecified atom stereocenters. The van der Waals surface area contributed by atoms with Crippen molar-refractivity contribution >= 4 is 81.0 Å². The smallest absolute Gasteiger partial charge is 0.301 e. The molecule has 0 amide bonds. The van der Waals surface area contributed by atoms with Crippen LogP contribution in [0.4, 0.5) is 0 Å². The van der Waals surface area contributed by atoms with Gasteiger partial charge in [-0.25, -0.2) is 0 Å². The number of rotatable bonds is 2. The molecule has 1 heterocycles. The molecule has 22 heavy (non-hydrogen) atoms. The second-order valence-corrected chi connectivity index (χ2v) is 8.66. The molecule has 4 nitrogen and oxygen atoms in total. The molecule has 1 aliphatic rings. The monoisotopic (exact) mass is 421 g/mol. The van der Waals surface area contributed by atoms with Crippen LogP contribution in [0.15, 0.2) is 35.4 Å². The number of allylic oxidation sites excluding steroid dienone is 1. The average Bonchev–Trinajstić information content (AvgIpc) is 2.45. The molecule has 0 spiro atoms. The van der Waals surface area contributed by atoms with Crippen LogP contribution in [0.25, 0.3) is 5.70 Å². The Hall–Kier alpha value is -0.230. The van der Waals surface area contributed by atoms with Crippen LogP contribution in [0.3, 0.4) is 0 Å². The summed E-state index contributed by atoms with van der Waals surface area (Å²) in [5, 5.41) is 4.96. The van der Waals surface area contributed by atoms with Gasteiger partial charge in [0.2, 0.25) is 3.79 Å². The summed E-state index contributed by atoms with van der Waals surface area (Å²) >= 11 is 35.2. The highest BCUT2D eigenvalue weighted by Gasteiger charge is 2.37. The number of hydrogen-bond acceptors (Lipinski definition) is 4. The first-order chi connectivity index (χ1) is 10.1. The van der Waals surface area contributed by atoms with Gasteiger partial charge in [-0.1, -0.05) is 69.6 Å². The molecular weight excluding hydrogens is 415 g/mol. The second-order valence-electron chi connectivity index (χ2n) is 4.16. The third kappa shape index (κ3) is 4.40. The van der Waals surface area contributed by atoms with Crippen LogP contribution >= 0.6 is 69.6 Å². The fourth-order valence-electron chi connectivity index (χ4n) is 1.62. The fourth-order valence-corrected chi connectivity index (χ4v) is 2.14. The van der Waals surface area contributed by atoms with Gasteiger partial charge in [0, 0.05) is 0 Å². The van der Waals surface area contributed by atoms with E-state index in [9.17, 15) is 0 Å². The minimum absolute atomic E-state index is 0.105. The van der Waals surface area contributed by atoms with Crippen LogP contribution in [0.2, 0.25) is 0 Å². The molecule has 2 rings (SSSR count). The van der Waals surface area contributed by atoms with Gasteiger partial charge in [-0.3, -0.25) is 5.43 Å². The van der Waals surface area contributed by atoms with Crippen LogP contribution in [0, 0.1) is 0 Å². The standard InChI is InChI=1S/C12H9Cl6N3O/c1-22-8-4-2-7(3-5-8)9-6-10(11(13,14)15)20-21(19-9)12(16,17)18/h2-6,19H,1H3. The number of benzene rings is 1. The number of hydrazone groups is 1. The number of ether oxygens (including phenoxy) is 1. The molecular formula is C12H9Cl6N3O. The highest BCUT2D eigenvalue weighted by Crippen LogP contribution is 2.37. The Kier molecular flexibility index (Phi) is 5.53. The number of halogens is 6. The third-order valence-electron chi connectivity index (χ3n) is 2.65. The predicted molar refractivity (Wildman–Crippen MR) is 94.0 cm³/mol. The summed E-state index contributed by atoms with van der Waals surface area (Å²) in [6.07, 6.45) is 1.56. The summed E-state index contributed by atoms with van der Waals surface area (Å²) in [6, 6.07) is 7.15. The van der Waals surface area contributed by atoms with E-state index >= 15 is 0 Å². The normalized spacial score (nSPS) is 15.9. The Bertz CT molecular complexity index is 603. The topological polar surface area (TPSA) is 36.9 Å². The molecule has 0 aliphatic carbocycles. The van der Waals surface area contributed by atoms with Crippen LogP contribution in [-0.4, -0.2) is 25.6 Å².